The van der Waals surface area contributed by atoms with Crippen LogP contribution < -0.4 is 10.9 Å². The number of pyridine rings is 1. The fourth-order valence-corrected chi connectivity index (χ4v) is 2.75. The maximum atomic E-state index is 12.1. The fraction of sp³-hybridized carbons (Fsp3) is 0.250. The monoisotopic (exact) mass is 348 g/mol. The first-order valence-electron chi connectivity index (χ1n) is 6.60. The van der Waals surface area contributed by atoms with Crippen molar-refractivity contribution in [3.63, 3.8) is 0 Å². The Bertz CT molecular complexity index is 750. The van der Waals surface area contributed by atoms with E-state index in [4.69, 9.17) is 0 Å². The van der Waals surface area contributed by atoms with E-state index in [-0.39, 0.29) is 18.0 Å². The second-order valence-corrected chi connectivity index (χ2v) is 6.02. The minimum atomic E-state index is -0.221. The van der Waals surface area contributed by atoms with Gasteiger partial charge in [-0.1, -0.05) is 17.7 Å². The number of nitrogens with zero attached hydrogens (tertiary/aromatic N) is 1. The lowest BCUT2D eigenvalue weighted by atomic mass is 10.1. The SMILES string of the molecule is Cc1ccc(NC(=O)Cn2cc(C)cc(Br)c2=O)c(C)c1. The number of rotatable bonds is 3. The van der Waals surface area contributed by atoms with Crippen molar-refractivity contribution >= 4 is 27.5 Å². The molecule has 0 aliphatic carbocycles. The first kappa shape index (κ1) is 15.5. The highest BCUT2D eigenvalue weighted by atomic mass is 79.9. The zero-order chi connectivity index (χ0) is 15.6. The summed E-state index contributed by atoms with van der Waals surface area (Å²) in [7, 11) is 0. The van der Waals surface area contributed by atoms with E-state index in [9.17, 15) is 9.59 Å². The molecule has 0 unspecified atom stereocenters. The Kier molecular flexibility index (Phi) is 4.63. The zero-order valence-corrected chi connectivity index (χ0v) is 13.8. The van der Waals surface area contributed by atoms with Gasteiger partial charge in [-0.2, -0.15) is 0 Å². The van der Waals surface area contributed by atoms with E-state index >= 15 is 0 Å². The van der Waals surface area contributed by atoms with E-state index in [1.54, 1.807) is 12.3 Å². The number of anilines is 1. The quantitative estimate of drug-likeness (QED) is 0.925. The third-order valence-corrected chi connectivity index (χ3v) is 3.72. The first-order chi connectivity index (χ1) is 9.86. The van der Waals surface area contributed by atoms with Gasteiger partial charge in [-0.3, -0.25) is 9.59 Å². The highest BCUT2D eigenvalue weighted by molar-refractivity contribution is 9.10. The normalized spacial score (nSPS) is 10.5. The molecule has 0 aliphatic heterocycles. The van der Waals surface area contributed by atoms with E-state index in [2.05, 4.69) is 21.2 Å². The van der Waals surface area contributed by atoms with Crippen molar-refractivity contribution in [1.82, 2.24) is 4.57 Å². The summed E-state index contributed by atoms with van der Waals surface area (Å²) in [4.78, 5) is 24.1. The van der Waals surface area contributed by atoms with Gasteiger partial charge in [0, 0.05) is 11.9 Å². The number of hydrogen-bond donors (Lipinski definition) is 1. The van der Waals surface area contributed by atoms with Gasteiger partial charge in [0.05, 0.1) is 4.47 Å². The van der Waals surface area contributed by atoms with Gasteiger partial charge in [0.25, 0.3) is 5.56 Å². The summed E-state index contributed by atoms with van der Waals surface area (Å²) < 4.78 is 1.86. The van der Waals surface area contributed by atoms with E-state index in [1.165, 1.54) is 4.57 Å². The topological polar surface area (TPSA) is 51.1 Å². The molecule has 0 saturated carbocycles. The smallest absolute Gasteiger partial charge is 0.265 e. The van der Waals surface area contributed by atoms with Crippen molar-refractivity contribution in [2.75, 3.05) is 5.32 Å². The third kappa shape index (κ3) is 3.82. The predicted molar refractivity (Wildman–Crippen MR) is 87.7 cm³/mol. The highest BCUT2D eigenvalue weighted by Crippen LogP contribution is 2.16. The molecule has 1 heterocycles. The van der Waals surface area contributed by atoms with Crippen molar-refractivity contribution in [2.45, 2.75) is 27.3 Å². The molecule has 0 radical (unpaired) electrons. The number of aryl methyl sites for hydroxylation is 3. The number of carbonyl (C=O) groups is 1. The summed E-state index contributed by atoms with van der Waals surface area (Å²) in [6, 6.07) is 7.56. The van der Waals surface area contributed by atoms with Gasteiger partial charge in [0.1, 0.15) is 6.54 Å². The van der Waals surface area contributed by atoms with Gasteiger partial charge in [-0.25, -0.2) is 0 Å². The predicted octanol–water partition coefficient (Wildman–Crippen LogP) is 3.17. The summed E-state index contributed by atoms with van der Waals surface area (Å²) in [5.41, 5.74) is 3.62. The van der Waals surface area contributed by atoms with E-state index < -0.39 is 0 Å². The first-order valence-corrected chi connectivity index (χ1v) is 7.40. The van der Waals surface area contributed by atoms with Crippen molar-refractivity contribution < 1.29 is 4.79 Å². The van der Waals surface area contributed by atoms with Crippen LogP contribution in [-0.4, -0.2) is 10.5 Å². The second-order valence-electron chi connectivity index (χ2n) is 5.16. The Morgan fingerprint density at radius 3 is 2.57 bits per heavy atom. The molecule has 110 valence electrons. The number of hydrogen-bond acceptors (Lipinski definition) is 2. The lowest BCUT2D eigenvalue weighted by molar-refractivity contribution is -0.116. The number of carbonyl (C=O) groups excluding carboxylic acids is 1. The van der Waals surface area contributed by atoms with Crippen LogP contribution in [-0.2, 0) is 11.3 Å². The minimum absolute atomic E-state index is 0.00751. The van der Waals surface area contributed by atoms with Crippen LogP contribution in [0, 0.1) is 20.8 Å². The molecule has 1 N–H and O–H groups in total. The Morgan fingerprint density at radius 1 is 1.19 bits per heavy atom. The molecule has 5 heteroatoms. The summed E-state index contributed by atoms with van der Waals surface area (Å²) in [6.45, 7) is 5.82. The lowest BCUT2D eigenvalue weighted by Crippen LogP contribution is -2.28. The summed E-state index contributed by atoms with van der Waals surface area (Å²) >= 11 is 3.21. The summed E-state index contributed by atoms with van der Waals surface area (Å²) in [6.07, 6.45) is 1.68. The Balaban J connectivity index is 2.17. The van der Waals surface area contributed by atoms with E-state index in [0.29, 0.717) is 4.47 Å². The van der Waals surface area contributed by atoms with Gasteiger partial charge in [0.2, 0.25) is 5.91 Å². The molecule has 1 aromatic carbocycles. The van der Waals surface area contributed by atoms with E-state index in [0.717, 1.165) is 22.4 Å². The molecule has 21 heavy (non-hydrogen) atoms. The highest BCUT2D eigenvalue weighted by Gasteiger charge is 2.09. The fourth-order valence-electron chi connectivity index (χ4n) is 2.16. The van der Waals surface area contributed by atoms with Crippen LogP contribution in [0.15, 0.2) is 39.7 Å². The van der Waals surface area contributed by atoms with Gasteiger partial charge in [0.15, 0.2) is 0 Å². The lowest BCUT2D eigenvalue weighted by Gasteiger charge is -2.11. The maximum Gasteiger partial charge on any atom is 0.265 e. The standard InChI is InChI=1S/C16H17BrN2O2/c1-10-4-5-14(12(3)6-10)18-15(20)9-19-8-11(2)7-13(17)16(19)21/h4-8H,9H2,1-3H3,(H,18,20). The van der Waals surface area contributed by atoms with Crippen LogP contribution in [0.25, 0.3) is 0 Å². The molecule has 1 aromatic heterocycles. The molecule has 0 saturated heterocycles. The molecule has 0 spiro atoms. The molecule has 0 bridgehead atoms. The Labute approximate surface area is 131 Å². The largest absolute Gasteiger partial charge is 0.324 e. The van der Waals surface area contributed by atoms with Crippen molar-refractivity contribution in [3.8, 4) is 0 Å². The van der Waals surface area contributed by atoms with Crippen LogP contribution in [0.2, 0.25) is 0 Å². The van der Waals surface area contributed by atoms with Crippen LogP contribution in [0.5, 0.6) is 0 Å². The van der Waals surface area contributed by atoms with E-state index in [1.807, 2.05) is 39.0 Å². The number of benzene rings is 1. The molecule has 2 aromatic rings. The summed E-state index contributed by atoms with van der Waals surface area (Å²) in [5, 5.41) is 2.84. The molecular weight excluding hydrogens is 332 g/mol. The Morgan fingerprint density at radius 2 is 1.90 bits per heavy atom. The number of aromatic nitrogens is 1. The number of halogens is 1. The molecule has 0 aliphatic rings. The van der Waals surface area contributed by atoms with Crippen molar-refractivity contribution in [1.29, 1.82) is 0 Å². The van der Waals surface area contributed by atoms with Crippen LogP contribution in [0.4, 0.5) is 5.69 Å². The van der Waals surface area contributed by atoms with Gasteiger partial charge in [-0.05, 0) is 60.0 Å². The number of amides is 1. The van der Waals surface area contributed by atoms with Crippen LogP contribution >= 0.6 is 15.9 Å². The average molecular weight is 349 g/mol. The molecule has 0 fully saturated rings. The summed E-state index contributed by atoms with van der Waals surface area (Å²) in [5.74, 6) is -0.221. The molecular formula is C16H17BrN2O2. The molecule has 4 nitrogen and oxygen atoms in total. The van der Waals surface area contributed by atoms with Gasteiger partial charge in [-0.15, -0.1) is 0 Å². The van der Waals surface area contributed by atoms with Gasteiger partial charge >= 0.3 is 0 Å². The Hall–Kier alpha value is -1.88. The van der Waals surface area contributed by atoms with Crippen LogP contribution in [0.1, 0.15) is 16.7 Å². The molecule has 0 atom stereocenters. The van der Waals surface area contributed by atoms with Crippen molar-refractivity contribution in [2.24, 2.45) is 0 Å². The zero-order valence-electron chi connectivity index (χ0n) is 12.2. The van der Waals surface area contributed by atoms with Gasteiger partial charge < -0.3 is 9.88 Å². The van der Waals surface area contributed by atoms with Crippen LogP contribution in [0.3, 0.4) is 0 Å². The maximum absolute atomic E-state index is 12.1. The second kappa shape index (κ2) is 6.26. The number of nitrogens with one attached hydrogen (secondary N) is 1. The molecule has 2 rings (SSSR count). The molecule has 1 amide bonds. The van der Waals surface area contributed by atoms with Crippen molar-refractivity contribution in [3.05, 3.63) is 62.0 Å². The third-order valence-electron chi connectivity index (χ3n) is 3.15. The minimum Gasteiger partial charge on any atom is -0.324 e. The average Bonchev–Trinajstić information content (AvgIpc) is 2.38.